The number of carbonyl (C=O) groups is 1. The van der Waals surface area contributed by atoms with Gasteiger partial charge in [-0.05, 0) is 25.1 Å². The molecule has 0 spiro atoms. The molecule has 4 aromatic rings. The van der Waals surface area contributed by atoms with Gasteiger partial charge in [-0.2, -0.15) is 0 Å². The highest BCUT2D eigenvalue weighted by Gasteiger charge is 2.20. The summed E-state index contributed by atoms with van der Waals surface area (Å²) in [6.07, 6.45) is 0. The molecule has 2 heterocycles. The van der Waals surface area contributed by atoms with Gasteiger partial charge >= 0.3 is 0 Å². The van der Waals surface area contributed by atoms with Crippen molar-refractivity contribution in [2.75, 3.05) is 19.5 Å². The number of thioether (sulfide) groups is 1. The fraction of sp³-hybridized carbons (Fsp3) is 0.182. The summed E-state index contributed by atoms with van der Waals surface area (Å²) in [5.41, 5.74) is 2.51. The molecule has 0 bridgehead atoms. The van der Waals surface area contributed by atoms with Crippen LogP contribution < -0.4 is 14.8 Å². The molecule has 0 radical (unpaired) electrons. The van der Waals surface area contributed by atoms with Crippen LogP contribution in [-0.2, 0) is 4.79 Å². The van der Waals surface area contributed by atoms with E-state index in [9.17, 15) is 4.79 Å². The van der Waals surface area contributed by atoms with E-state index >= 15 is 0 Å². The lowest BCUT2D eigenvalue weighted by Crippen LogP contribution is -2.22. The van der Waals surface area contributed by atoms with Crippen molar-refractivity contribution in [2.24, 2.45) is 0 Å². The van der Waals surface area contributed by atoms with Crippen molar-refractivity contribution in [3.05, 3.63) is 53.9 Å². The van der Waals surface area contributed by atoms with Gasteiger partial charge in [0.25, 0.3) is 5.22 Å². The lowest BCUT2D eigenvalue weighted by atomic mass is 10.2. The minimum atomic E-state index is -0.460. The van der Waals surface area contributed by atoms with Crippen LogP contribution in [0, 0.1) is 0 Å². The van der Waals surface area contributed by atoms with Gasteiger partial charge in [0, 0.05) is 16.5 Å². The monoisotopic (exact) mass is 468 g/mol. The first-order chi connectivity index (χ1) is 15.6. The maximum Gasteiger partial charge on any atom is 0.277 e. The van der Waals surface area contributed by atoms with Gasteiger partial charge in [-0.3, -0.25) is 4.79 Å². The zero-order valence-electron chi connectivity index (χ0n) is 17.6. The van der Waals surface area contributed by atoms with Crippen LogP contribution in [0.1, 0.15) is 6.92 Å². The SMILES string of the molecule is COc1ccc(-c2nnc(SC(C)C(=O)Nc3nc(-c4ccccc4)cs3)o2)cc1OC. The van der Waals surface area contributed by atoms with Gasteiger partial charge in [0.05, 0.1) is 25.2 Å². The molecule has 2 aromatic heterocycles. The second kappa shape index (κ2) is 9.84. The van der Waals surface area contributed by atoms with Crippen molar-refractivity contribution < 1.29 is 18.7 Å². The smallest absolute Gasteiger partial charge is 0.277 e. The van der Waals surface area contributed by atoms with E-state index in [0.29, 0.717) is 33.3 Å². The molecule has 32 heavy (non-hydrogen) atoms. The lowest BCUT2D eigenvalue weighted by Gasteiger charge is -2.08. The Morgan fingerprint density at radius 2 is 1.84 bits per heavy atom. The first-order valence-electron chi connectivity index (χ1n) is 9.61. The number of hydrogen-bond acceptors (Lipinski definition) is 9. The Bertz CT molecular complexity index is 1210. The number of thiazole rings is 1. The molecule has 0 aliphatic heterocycles. The standard InChI is InChI=1S/C22H20N4O4S2/c1-13(19(27)24-21-23-16(12-31-21)14-7-5-4-6-8-14)32-22-26-25-20(30-22)15-9-10-17(28-2)18(11-15)29-3/h4-13H,1-3H3,(H,23,24,27). The van der Waals surface area contributed by atoms with Gasteiger partial charge in [-0.25, -0.2) is 4.98 Å². The first kappa shape index (κ1) is 21.8. The Hall–Kier alpha value is -3.37. The second-order valence-electron chi connectivity index (χ2n) is 6.60. The van der Waals surface area contributed by atoms with E-state index in [4.69, 9.17) is 13.9 Å². The third kappa shape index (κ3) is 4.92. The number of aromatic nitrogens is 3. The van der Waals surface area contributed by atoms with Gasteiger partial charge in [0.15, 0.2) is 16.6 Å². The van der Waals surface area contributed by atoms with Crippen molar-refractivity contribution in [1.29, 1.82) is 0 Å². The number of nitrogens with zero attached hydrogens (tertiary/aromatic N) is 3. The Labute approximate surface area is 193 Å². The van der Waals surface area contributed by atoms with E-state index in [1.54, 1.807) is 39.3 Å². The highest BCUT2D eigenvalue weighted by atomic mass is 32.2. The summed E-state index contributed by atoms with van der Waals surface area (Å²) in [5, 5.41) is 13.3. The molecule has 2 aromatic carbocycles. The summed E-state index contributed by atoms with van der Waals surface area (Å²) < 4.78 is 16.3. The van der Waals surface area contributed by atoms with Crippen LogP contribution in [0.15, 0.2) is 63.6 Å². The van der Waals surface area contributed by atoms with E-state index in [1.807, 2.05) is 35.7 Å². The third-order valence-corrected chi connectivity index (χ3v) is 6.18. The number of amides is 1. The molecule has 1 atom stereocenters. The Morgan fingerprint density at radius 3 is 2.59 bits per heavy atom. The Balaban J connectivity index is 1.39. The quantitative estimate of drug-likeness (QED) is 0.361. The molecular formula is C22H20N4O4S2. The van der Waals surface area contributed by atoms with Crippen molar-refractivity contribution in [3.63, 3.8) is 0 Å². The van der Waals surface area contributed by atoms with Crippen molar-refractivity contribution >= 4 is 34.1 Å². The molecular weight excluding hydrogens is 448 g/mol. The summed E-state index contributed by atoms with van der Waals surface area (Å²) in [5.74, 6) is 1.29. The van der Waals surface area contributed by atoms with Crippen LogP contribution in [0.25, 0.3) is 22.7 Å². The van der Waals surface area contributed by atoms with Crippen molar-refractivity contribution in [3.8, 4) is 34.2 Å². The molecule has 0 saturated heterocycles. The fourth-order valence-corrected chi connectivity index (χ4v) is 4.23. The number of hydrogen-bond donors (Lipinski definition) is 1. The van der Waals surface area contributed by atoms with Gasteiger partial charge in [-0.1, -0.05) is 42.1 Å². The van der Waals surface area contributed by atoms with Crippen molar-refractivity contribution in [1.82, 2.24) is 15.2 Å². The molecule has 0 aliphatic rings. The maximum atomic E-state index is 12.6. The molecule has 0 fully saturated rings. The molecule has 0 aliphatic carbocycles. The number of anilines is 1. The topological polar surface area (TPSA) is 99.4 Å². The summed E-state index contributed by atoms with van der Waals surface area (Å²) in [6.45, 7) is 1.77. The van der Waals surface area contributed by atoms with Crippen LogP contribution in [-0.4, -0.2) is 40.6 Å². The molecule has 164 valence electrons. The molecule has 1 N–H and O–H groups in total. The third-order valence-electron chi connectivity index (χ3n) is 4.49. The van der Waals surface area contributed by atoms with E-state index in [2.05, 4.69) is 20.5 Å². The summed E-state index contributed by atoms with van der Waals surface area (Å²) in [4.78, 5) is 17.1. The summed E-state index contributed by atoms with van der Waals surface area (Å²) >= 11 is 2.55. The zero-order valence-corrected chi connectivity index (χ0v) is 19.2. The largest absolute Gasteiger partial charge is 0.493 e. The van der Waals surface area contributed by atoms with Gasteiger partial charge in [0.1, 0.15) is 0 Å². The highest BCUT2D eigenvalue weighted by molar-refractivity contribution is 8.00. The van der Waals surface area contributed by atoms with E-state index < -0.39 is 5.25 Å². The summed E-state index contributed by atoms with van der Waals surface area (Å²) in [6, 6.07) is 15.1. The molecule has 0 saturated carbocycles. The van der Waals surface area contributed by atoms with Crippen LogP contribution in [0.2, 0.25) is 0 Å². The second-order valence-corrected chi connectivity index (χ2v) is 8.75. The first-order valence-corrected chi connectivity index (χ1v) is 11.4. The van der Waals surface area contributed by atoms with E-state index in [-0.39, 0.29) is 5.91 Å². The number of ether oxygens (including phenoxy) is 2. The van der Waals surface area contributed by atoms with E-state index in [0.717, 1.165) is 11.3 Å². The normalized spacial score (nSPS) is 11.7. The molecule has 8 nitrogen and oxygen atoms in total. The highest BCUT2D eigenvalue weighted by Crippen LogP contribution is 2.33. The number of methoxy groups -OCH3 is 2. The van der Waals surface area contributed by atoms with Gasteiger partial charge in [-0.15, -0.1) is 21.5 Å². The number of carbonyl (C=O) groups excluding carboxylic acids is 1. The molecule has 1 amide bonds. The number of benzene rings is 2. The minimum Gasteiger partial charge on any atom is -0.493 e. The number of nitrogens with one attached hydrogen (secondary N) is 1. The summed E-state index contributed by atoms with van der Waals surface area (Å²) in [7, 11) is 3.13. The van der Waals surface area contributed by atoms with Crippen LogP contribution in [0.5, 0.6) is 11.5 Å². The van der Waals surface area contributed by atoms with Gasteiger partial charge < -0.3 is 19.2 Å². The molecule has 1 unspecified atom stereocenters. The van der Waals surface area contributed by atoms with Crippen LogP contribution >= 0.6 is 23.1 Å². The maximum absolute atomic E-state index is 12.6. The average molecular weight is 469 g/mol. The number of rotatable bonds is 8. The molecule has 10 heteroatoms. The average Bonchev–Trinajstić information content (AvgIpc) is 3.49. The minimum absolute atomic E-state index is 0.199. The van der Waals surface area contributed by atoms with Gasteiger partial charge in [0.2, 0.25) is 11.8 Å². The fourth-order valence-electron chi connectivity index (χ4n) is 2.83. The zero-order chi connectivity index (χ0) is 22.5. The lowest BCUT2D eigenvalue weighted by molar-refractivity contribution is -0.115. The van der Waals surface area contributed by atoms with Crippen LogP contribution in [0.3, 0.4) is 0 Å². The predicted molar refractivity (Wildman–Crippen MR) is 124 cm³/mol. The molecule has 4 rings (SSSR count). The van der Waals surface area contributed by atoms with Crippen molar-refractivity contribution in [2.45, 2.75) is 17.4 Å². The van der Waals surface area contributed by atoms with E-state index in [1.165, 1.54) is 23.1 Å². The Morgan fingerprint density at radius 1 is 1.06 bits per heavy atom. The Kier molecular flexibility index (Phi) is 6.72. The van der Waals surface area contributed by atoms with Crippen LogP contribution in [0.4, 0.5) is 5.13 Å². The predicted octanol–water partition coefficient (Wildman–Crippen LogP) is 5.00.